The highest BCUT2D eigenvalue weighted by Gasteiger charge is 2.09. The van der Waals surface area contributed by atoms with Crippen LogP contribution < -0.4 is 5.69 Å². The summed E-state index contributed by atoms with van der Waals surface area (Å²) in [4.78, 5) is 11.5. The van der Waals surface area contributed by atoms with Crippen molar-refractivity contribution in [2.75, 3.05) is 0 Å². The van der Waals surface area contributed by atoms with Gasteiger partial charge in [0.05, 0.1) is 11.6 Å². The predicted molar refractivity (Wildman–Crippen MR) is 58.0 cm³/mol. The molecule has 1 aromatic heterocycles. The van der Waals surface area contributed by atoms with Crippen molar-refractivity contribution in [2.24, 2.45) is 7.05 Å². The lowest BCUT2D eigenvalue weighted by atomic mass is 10.2. The van der Waals surface area contributed by atoms with Crippen molar-refractivity contribution in [2.45, 2.75) is 6.54 Å². The fourth-order valence-electron chi connectivity index (χ4n) is 1.36. The Hall–Kier alpha value is -1.62. The summed E-state index contributed by atoms with van der Waals surface area (Å²) in [6, 6.07) is 4.67. The maximum Gasteiger partial charge on any atom is 0.345 e. The highest BCUT2D eigenvalue weighted by atomic mass is 35.5. The van der Waals surface area contributed by atoms with Gasteiger partial charge in [0.1, 0.15) is 12.1 Å². The number of benzene rings is 1. The van der Waals surface area contributed by atoms with E-state index in [1.54, 1.807) is 19.2 Å². The standard InChI is InChI=1S/C10H9ClFN3O/c1-14-6-13-15(10(14)16)5-7-3-2-4-8(11)9(7)12/h2-4,6H,5H2,1H3. The van der Waals surface area contributed by atoms with Gasteiger partial charge in [0, 0.05) is 12.6 Å². The van der Waals surface area contributed by atoms with E-state index in [2.05, 4.69) is 5.10 Å². The first-order valence-corrected chi connectivity index (χ1v) is 4.98. The molecule has 0 aliphatic rings. The average Bonchev–Trinajstić information content (AvgIpc) is 2.57. The first kappa shape index (κ1) is 10.9. The van der Waals surface area contributed by atoms with E-state index < -0.39 is 5.82 Å². The Morgan fingerprint density at radius 1 is 1.50 bits per heavy atom. The van der Waals surface area contributed by atoms with E-state index in [4.69, 9.17) is 11.6 Å². The van der Waals surface area contributed by atoms with E-state index >= 15 is 0 Å². The number of rotatable bonds is 2. The van der Waals surface area contributed by atoms with Gasteiger partial charge < -0.3 is 0 Å². The number of aromatic nitrogens is 3. The SMILES string of the molecule is Cn1cnn(Cc2cccc(Cl)c2F)c1=O. The van der Waals surface area contributed by atoms with Crippen LogP contribution in [0, 0.1) is 5.82 Å². The fraction of sp³-hybridized carbons (Fsp3) is 0.200. The molecule has 0 spiro atoms. The summed E-state index contributed by atoms with van der Waals surface area (Å²) in [5.74, 6) is -0.512. The summed E-state index contributed by atoms with van der Waals surface area (Å²) in [6.07, 6.45) is 1.38. The summed E-state index contributed by atoms with van der Waals surface area (Å²) < 4.78 is 16.0. The van der Waals surface area contributed by atoms with Crippen LogP contribution >= 0.6 is 11.6 Å². The zero-order chi connectivity index (χ0) is 11.7. The molecule has 16 heavy (non-hydrogen) atoms. The molecule has 0 unspecified atom stereocenters. The Morgan fingerprint density at radius 3 is 2.88 bits per heavy atom. The third-order valence-corrected chi connectivity index (χ3v) is 2.53. The van der Waals surface area contributed by atoms with E-state index in [-0.39, 0.29) is 17.3 Å². The molecule has 0 aliphatic carbocycles. The number of nitrogens with zero attached hydrogens (tertiary/aromatic N) is 3. The van der Waals surface area contributed by atoms with Crippen molar-refractivity contribution >= 4 is 11.6 Å². The van der Waals surface area contributed by atoms with Crippen LogP contribution in [0.4, 0.5) is 4.39 Å². The Balaban J connectivity index is 2.38. The number of aryl methyl sites for hydroxylation is 1. The largest absolute Gasteiger partial charge is 0.345 e. The van der Waals surface area contributed by atoms with Gasteiger partial charge in [0.15, 0.2) is 0 Å². The lowest BCUT2D eigenvalue weighted by Gasteiger charge is -2.03. The van der Waals surface area contributed by atoms with Crippen molar-refractivity contribution in [3.8, 4) is 0 Å². The molecule has 0 bridgehead atoms. The third kappa shape index (κ3) is 1.86. The first-order chi connectivity index (χ1) is 7.59. The van der Waals surface area contributed by atoms with E-state index in [0.29, 0.717) is 5.56 Å². The Labute approximate surface area is 95.9 Å². The van der Waals surface area contributed by atoms with Crippen molar-refractivity contribution in [3.05, 3.63) is 51.4 Å². The molecule has 4 nitrogen and oxygen atoms in total. The highest BCUT2D eigenvalue weighted by Crippen LogP contribution is 2.17. The number of halogens is 2. The molecule has 2 aromatic rings. The minimum atomic E-state index is -0.512. The monoisotopic (exact) mass is 241 g/mol. The molecule has 0 fully saturated rings. The molecule has 1 aromatic carbocycles. The molecule has 0 radical (unpaired) electrons. The molecule has 2 rings (SSSR count). The van der Waals surface area contributed by atoms with E-state index in [1.807, 2.05) is 0 Å². The minimum absolute atomic E-state index is 0.0430. The van der Waals surface area contributed by atoms with Gasteiger partial charge in [0.2, 0.25) is 0 Å². The fourth-order valence-corrected chi connectivity index (χ4v) is 1.56. The normalized spacial score (nSPS) is 10.7. The quantitative estimate of drug-likeness (QED) is 0.798. The molecule has 84 valence electrons. The van der Waals surface area contributed by atoms with Crippen LogP contribution in [0.5, 0.6) is 0 Å². The zero-order valence-electron chi connectivity index (χ0n) is 8.52. The molecule has 0 saturated heterocycles. The first-order valence-electron chi connectivity index (χ1n) is 4.61. The summed E-state index contributed by atoms with van der Waals surface area (Å²) in [5.41, 5.74) is 0.0488. The molecule has 0 N–H and O–H groups in total. The van der Waals surface area contributed by atoms with E-state index in [9.17, 15) is 9.18 Å². The second kappa shape index (κ2) is 4.09. The van der Waals surface area contributed by atoms with Crippen LogP contribution in [-0.4, -0.2) is 14.3 Å². The number of hydrogen-bond acceptors (Lipinski definition) is 2. The second-order valence-corrected chi connectivity index (χ2v) is 3.80. The summed E-state index contributed by atoms with van der Waals surface area (Å²) in [7, 11) is 1.58. The van der Waals surface area contributed by atoms with Crippen LogP contribution in [0.15, 0.2) is 29.3 Å². The molecule has 0 amide bonds. The Bertz CT molecular complexity index is 576. The van der Waals surface area contributed by atoms with Crippen molar-refractivity contribution in [1.29, 1.82) is 0 Å². The predicted octanol–water partition coefficient (Wildman–Crippen LogP) is 1.42. The van der Waals surface area contributed by atoms with Gasteiger partial charge in [-0.25, -0.2) is 13.9 Å². The topological polar surface area (TPSA) is 39.8 Å². The molecule has 0 atom stereocenters. The van der Waals surface area contributed by atoms with Gasteiger partial charge in [-0.2, -0.15) is 5.10 Å². The van der Waals surface area contributed by atoms with Crippen LogP contribution in [0.2, 0.25) is 5.02 Å². The van der Waals surface area contributed by atoms with Crippen molar-refractivity contribution in [1.82, 2.24) is 14.3 Å². The highest BCUT2D eigenvalue weighted by molar-refractivity contribution is 6.30. The molecule has 0 aliphatic heterocycles. The lowest BCUT2D eigenvalue weighted by Crippen LogP contribution is -2.23. The van der Waals surface area contributed by atoms with Gasteiger partial charge in [-0.3, -0.25) is 4.57 Å². The summed E-state index contributed by atoms with van der Waals surface area (Å²) >= 11 is 5.64. The van der Waals surface area contributed by atoms with Gasteiger partial charge >= 0.3 is 5.69 Å². The van der Waals surface area contributed by atoms with Crippen LogP contribution in [0.25, 0.3) is 0 Å². The Morgan fingerprint density at radius 2 is 2.25 bits per heavy atom. The molecule has 0 saturated carbocycles. The molecular formula is C10H9ClFN3O. The summed E-state index contributed by atoms with van der Waals surface area (Å²) in [5, 5.41) is 3.88. The van der Waals surface area contributed by atoms with Crippen LogP contribution in [0.1, 0.15) is 5.56 Å². The smallest absolute Gasteiger partial charge is 0.285 e. The Kier molecular flexibility index (Phi) is 2.78. The van der Waals surface area contributed by atoms with Crippen LogP contribution in [0.3, 0.4) is 0 Å². The maximum absolute atomic E-state index is 13.5. The van der Waals surface area contributed by atoms with Crippen molar-refractivity contribution in [3.63, 3.8) is 0 Å². The van der Waals surface area contributed by atoms with Gasteiger partial charge in [-0.1, -0.05) is 23.7 Å². The molecule has 6 heteroatoms. The van der Waals surface area contributed by atoms with Crippen molar-refractivity contribution < 1.29 is 4.39 Å². The maximum atomic E-state index is 13.5. The lowest BCUT2D eigenvalue weighted by molar-refractivity contribution is 0.575. The van der Waals surface area contributed by atoms with Gasteiger partial charge in [-0.15, -0.1) is 0 Å². The van der Waals surface area contributed by atoms with E-state index in [1.165, 1.54) is 21.6 Å². The molecular weight excluding hydrogens is 233 g/mol. The van der Waals surface area contributed by atoms with Crippen LogP contribution in [-0.2, 0) is 13.6 Å². The minimum Gasteiger partial charge on any atom is -0.285 e. The van der Waals surface area contributed by atoms with Gasteiger partial charge in [-0.05, 0) is 6.07 Å². The van der Waals surface area contributed by atoms with Gasteiger partial charge in [0.25, 0.3) is 0 Å². The number of hydrogen-bond donors (Lipinski definition) is 0. The third-order valence-electron chi connectivity index (χ3n) is 2.24. The zero-order valence-corrected chi connectivity index (χ0v) is 9.28. The summed E-state index contributed by atoms with van der Waals surface area (Å²) in [6.45, 7) is 0.0755. The second-order valence-electron chi connectivity index (χ2n) is 3.40. The average molecular weight is 242 g/mol. The molecule has 1 heterocycles. The van der Waals surface area contributed by atoms with E-state index in [0.717, 1.165) is 0 Å².